The summed E-state index contributed by atoms with van der Waals surface area (Å²) in [6, 6.07) is 22.2. The van der Waals surface area contributed by atoms with E-state index in [0.29, 0.717) is 13.1 Å². The minimum Gasteiger partial charge on any atom is -0.395 e. The number of imidazole rings is 1. The van der Waals surface area contributed by atoms with E-state index in [1.807, 2.05) is 59.6 Å². The Kier molecular flexibility index (Phi) is 12.2. The van der Waals surface area contributed by atoms with Crippen molar-refractivity contribution in [3.05, 3.63) is 115 Å². The molecule has 0 unspecified atom stereocenters. The van der Waals surface area contributed by atoms with E-state index in [2.05, 4.69) is 92.9 Å². The van der Waals surface area contributed by atoms with Crippen molar-refractivity contribution < 1.29 is 23.9 Å². The maximum absolute atomic E-state index is 9.32. The normalized spacial score (nSPS) is 14.0. The summed E-state index contributed by atoms with van der Waals surface area (Å²) in [5.41, 5.74) is 7.84. The van der Waals surface area contributed by atoms with Gasteiger partial charge in [-0.05, 0) is 90.5 Å². The van der Waals surface area contributed by atoms with Gasteiger partial charge < -0.3 is 20.0 Å². The largest absolute Gasteiger partial charge is 0.395 e. The molecule has 7 rings (SSSR count). The molecule has 0 spiro atoms. The highest BCUT2D eigenvalue weighted by atomic mass is 16.3. The van der Waals surface area contributed by atoms with Crippen molar-refractivity contribution in [3.63, 3.8) is 0 Å². The van der Waals surface area contributed by atoms with E-state index in [4.69, 9.17) is 0 Å². The Morgan fingerprint density at radius 1 is 0.679 bits per heavy atom. The lowest BCUT2D eigenvalue weighted by atomic mass is 9.91. The van der Waals surface area contributed by atoms with Gasteiger partial charge in [0.15, 0.2) is 18.9 Å². The lowest BCUT2D eigenvalue weighted by molar-refractivity contribution is -0.726. The van der Waals surface area contributed by atoms with Crippen LogP contribution in [-0.4, -0.2) is 54.2 Å². The molecule has 0 radical (unpaired) electrons. The molecule has 0 atom stereocenters. The standard InChI is InChI=1S/C41H51N10O2/c52-28-26-49(27-29-53)39-14-12-36(13-15-39)42-45-40-11-1-2-20-50(40)23-7-19-48-25-24-47(33-48)18-6-17-46-16-5-10-37(32-46)43-44-38-30-34-8-3-21-51-22-4-9-35(31-38)41(34)51/h1-2,5,10-16,20,24-25,30-33,52-53H,3-4,6-9,17-19,21-23,26-29H2/q+3. The van der Waals surface area contributed by atoms with E-state index in [9.17, 15) is 10.2 Å². The maximum Gasteiger partial charge on any atom is 0.350 e. The monoisotopic (exact) mass is 715 g/mol. The summed E-state index contributed by atoms with van der Waals surface area (Å²) >= 11 is 0. The molecule has 0 saturated heterocycles. The number of rotatable bonds is 17. The summed E-state index contributed by atoms with van der Waals surface area (Å²) in [4.78, 5) is 4.49. The molecule has 0 aliphatic carbocycles. The quantitative estimate of drug-likeness (QED) is 0.0929. The summed E-state index contributed by atoms with van der Waals surface area (Å²) in [6.45, 7) is 6.90. The van der Waals surface area contributed by atoms with Crippen molar-refractivity contribution in [2.75, 3.05) is 49.2 Å². The molecule has 0 saturated carbocycles. The van der Waals surface area contributed by atoms with Crippen molar-refractivity contribution >= 4 is 34.3 Å². The summed E-state index contributed by atoms with van der Waals surface area (Å²) < 4.78 is 8.82. The first-order chi connectivity index (χ1) is 26.1. The average molecular weight is 716 g/mol. The van der Waals surface area contributed by atoms with Crippen molar-refractivity contribution in [2.45, 2.75) is 64.7 Å². The summed E-state index contributed by atoms with van der Waals surface area (Å²) in [6.07, 6.45) is 19.4. The fourth-order valence-corrected chi connectivity index (χ4v) is 7.43. The molecule has 2 aliphatic rings. The van der Waals surface area contributed by atoms with E-state index >= 15 is 0 Å². The fraction of sp³-hybridized carbons (Fsp3) is 0.390. The van der Waals surface area contributed by atoms with Gasteiger partial charge in [-0.1, -0.05) is 6.07 Å². The molecule has 5 aromatic rings. The van der Waals surface area contributed by atoms with E-state index in [0.717, 1.165) is 80.4 Å². The Morgan fingerprint density at radius 3 is 2.19 bits per heavy atom. The summed E-state index contributed by atoms with van der Waals surface area (Å²) in [5, 5.41) is 36.9. The van der Waals surface area contributed by atoms with Crippen molar-refractivity contribution in [1.82, 2.24) is 4.57 Å². The van der Waals surface area contributed by atoms with E-state index in [-0.39, 0.29) is 13.2 Å². The number of aliphatic hydroxyl groups excluding tert-OH is 2. The predicted molar refractivity (Wildman–Crippen MR) is 204 cm³/mol. The Morgan fingerprint density at radius 2 is 1.42 bits per heavy atom. The number of aliphatic hydroxyl groups is 2. The number of hydrogen-bond acceptors (Lipinski definition) is 8. The second kappa shape index (κ2) is 17.9. The van der Waals surface area contributed by atoms with E-state index in [1.54, 1.807) is 0 Å². The Balaban J connectivity index is 0.871. The van der Waals surface area contributed by atoms with Crippen LogP contribution in [0.25, 0.3) is 0 Å². The van der Waals surface area contributed by atoms with Gasteiger partial charge in [0.25, 0.3) is 0 Å². The van der Waals surface area contributed by atoms with Crippen molar-refractivity contribution in [2.24, 2.45) is 20.5 Å². The lowest BCUT2D eigenvalue weighted by Crippen LogP contribution is -2.37. The topological polar surface area (TPSA) is 113 Å². The first-order valence-electron chi connectivity index (χ1n) is 19.0. The average Bonchev–Trinajstić information content (AvgIpc) is 3.64. The highest BCUT2D eigenvalue weighted by molar-refractivity contribution is 5.67. The van der Waals surface area contributed by atoms with Crippen LogP contribution < -0.4 is 23.5 Å². The number of aryl methyl sites for hydroxylation is 6. The lowest BCUT2D eigenvalue weighted by Gasteiger charge is -2.36. The molecule has 274 valence electrons. The minimum atomic E-state index is 0.0283. The zero-order valence-corrected chi connectivity index (χ0v) is 30.5. The molecule has 12 heteroatoms. The minimum absolute atomic E-state index is 0.0283. The van der Waals surface area contributed by atoms with Crippen LogP contribution in [0.2, 0.25) is 0 Å². The second-order valence-electron chi connectivity index (χ2n) is 13.8. The molecule has 2 N–H and O–H groups in total. The zero-order valence-electron chi connectivity index (χ0n) is 30.5. The number of pyridine rings is 2. The van der Waals surface area contributed by atoms with Crippen molar-refractivity contribution in [3.8, 4) is 0 Å². The maximum atomic E-state index is 9.32. The molecule has 5 heterocycles. The third-order valence-corrected chi connectivity index (χ3v) is 9.97. The Bertz CT molecular complexity index is 1970. The van der Waals surface area contributed by atoms with Gasteiger partial charge in [-0.3, -0.25) is 0 Å². The zero-order chi connectivity index (χ0) is 36.2. The van der Waals surface area contributed by atoms with Crippen LogP contribution in [0, 0.1) is 0 Å². The third-order valence-electron chi connectivity index (χ3n) is 9.97. The number of aromatic nitrogens is 4. The van der Waals surface area contributed by atoms with Gasteiger partial charge in [0.05, 0.1) is 49.8 Å². The smallest absolute Gasteiger partial charge is 0.350 e. The molecule has 0 bridgehead atoms. The van der Waals surface area contributed by atoms with Crippen LogP contribution in [0.5, 0.6) is 0 Å². The SMILES string of the molecule is OCCN(CCO)c1ccc(N=Nc2cccc[n+]2CCCn2cc[n+](CCC[n+]3cccc(N=Nc4cc5c6c(c4)CCCN6CCC5)c3)c2)cc1. The van der Waals surface area contributed by atoms with Gasteiger partial charge in [0.1, 0.15) is 23.8 Å². The number of hydrogen-bond donors (Lipinski definition) is 2. The Labute approximate surface area is 311 Å². The van der Waals surface area contributed by atoms with Crippen LogP contribution in [0.15, 0.2) is 124 Å². The summed E-state index contributed by atoms with van der Waals surface area (Å²) in [5.74, 6) is 0.795. The number of anilines is 2. The first-order valence-corrected chi connectivity index (χ1v) is 19.0. The van der Waals surface area contributed by atoms with Crippen LogP contribution >= 0.6 is 0 Å². The number of azo groups is 2. The fourth-order valence-electron chi connectivity index (χ4n) is 7.43. The Hall–Kier alpha value is -5.33. The summed E-state index contributed by atoms with van der Waals surface area (Å²) in [7, 11) is 0. The van der Waals surface area contributed by atoms with Gasteiger partial charge in [-0.15, -0.1) is 5.11 Å². The van der Waals surface area contributed by atoms with Gasteiger partial charge in [-0.25, -0.2) is 18.3 Å². The van der Waals surface area contributed by atoms with Crippen LogP contribution in [0.4, 0.5) is 34.3 Å². The predicted octanol–water partition coefficient (Wildman–Crippen LogP) is 5.85. The van der Waals surface area contributed by atoms with Gasteiger partial charge in [0, 0.05) is 62.5 Å². The molecular weight excluding hydrogens is 665 g/mol. The van der Waals surface area contributed by atoms with Gasteiger partial charge in [0.2, 0.25) is 6.33 Å². The molecule has 2 aromatic carbocycles. The third kappa shape index (κ3) is 9.57. The highest BCUT2D eigenvalue weighted by Crippen LogP contribution is 2.38. The molecule has 12 nitrogen and oxygen atoms in total. The second-order valence-corrected chi connectivity index (χ2v) is 13.8. The molecule has 2 aliphatic heterocycles. The van der Waals surface area contributed by atoms with Crippen molar-refractivity contribution in [1.29, 1.82) is 0 Å². The van der Waals surface area contributed by atoms with Gasteiger partial charge in [-0.2, -0.15) is 5.11 Å². The molecule has 0 amide bonds. The van der Waals surface area contributed by atoms with Crippen LogP contribution in [0.1, 0.15) is 36.8 Å². The van der Waals surface area contributed by atoms with Crippen LogP contribution in [-0.2, 0) is 39.0 Å². The highest BCUT2D eigenvalue weighted by Gasteiger charge is 2.24. The first kappa shape index (κ1) is 36.0. The van der Waals surface area contributed by atoms with Gasteiger partial charge >= 0.3 is 5.82 Å². The number of benzene rings is 2. The molecule has 0 fully saturated rings. The molecular formula is C41H51N10O2+3. The number of nitrogens with zero attached hydrogens (tertiary/aromatic N) is 10. The van der Waals surface area contributed by atoms with Crippen LogP contribution in [0.3, 0.4) is 0 Å². The van der Waals surface area contributed by atoms with E-state index in [1.165, 1.54) is 42.7 Å². The molecule has 3 aromatic heterocycles. The van der Waals surface area contributed by atoms with E-state index < -0.39 is 0 Å². The molecule has 53 heavy (non-hydrogen) atoms.